The summed E-state index contributed by atoms with van der Waals surface area (Å²) in [5.41, 5.74) is 0.633. The van der Waals surface area contributed by atoms with Crippen molar-refractivity contribution in [3.8, 4) is 11.5 Å². The lowest BCUT2D eigenvalue weighted by atomic mass is 10.2. The van der Waals surface area contributed by atoms with Crippen molar-refractivity contribution in [2.24, 2.45) is 0 Å². The largest absolute Gasteiger partial charge is 0.870 e. The molecular weight excluding hydrogens is 208 g/mol. The number of rotatable bonds is 5. The van der Waals surface area contributed by atoms with Crippen molar-refractivity contribution < 1.29 is 19.7 Å². The fourth-order valence-corrected chi connectivity index (χ4v) is 1.12. The highest BCUT2D eigenvalue weighted by molar-refractivity contribution is 5.85. The van der Waals surface area contributed by atoms with E-state index in [1.54, 1.807) is 6.07 Å². The molecule has 0 saturated carbocycles. The van der Waals surface area contributed by atoms with Gasteiger partial charge in [-0.25, -0.2) is 4.79 Å². The Labute approximate surface area is 93.8 Å². The van der Waals surface area contributed by atoms with Crippen molar-refractivity contribution in [3.05, 3.63) is 29.8 Å². The van der Waals surface area contributed by atoms with E-state index in [-0.39, 0.29) is 11.5 Å². The summed E-state index contributed by atoms with van der Waals surface area (Å²) >= 11 is 0. The first kappa shape index (κ1) is 12.1. The second-order valence-electron chi connectivity index (χ2n) is 3.23. The minimum absolute atomic E-state index is 0.194. The van der Waals surface area contributed by atoms with Crippen LogP contribution in [-0.4, -0.2) is 17.7 Å². The van der Waals surface area contributed by atoms with E-state index in [2.05, 4.69) is 0 Å². The van der Waals surface area contributed by atoms with E-state index in [1.165, 1.54) is 18.2 Å². The van der Waals surface area contributed by atoms with Gasteiger partial charge in [0.15, 0.2) is 0 Å². The maximum absolute atomic E-state index is 11.3. The van der Waals surface area contributed by atoms with Crippen LogP contribution in [0.3, 0.4) is 0 Å². The SMILES string of the molecule is CCCOc1cc(/C=C/C(=O)O)ccc1[O-]. The highest BCUT2D eigenvalue weighted by atomic mass is 16.5. The quantitative estimate of drug-likeness (QED) is 0.767. The van der Waals surface area contributed by atoms with Gasteiger partial charge in [0.2, 0.25) is 0 Å². The van der Waals surface area contributed by atoms with Crippen molar-refractivity contribution in [3.63, 3.8) is 0 Å². The van der Waals surface area contributed by atoms with E-state index in [1.807, 2.05) is 6.92 Å². The van der Waals surface area contributed by atoms with Crippen LogP contribution in [0.1, 0.15) is 18.9 Å². The molecule has 0 amide bonds. The predicted octanol–water partition coefficient (Wildman–Crippen LogP) is 1.65. The van der Waals surface area contributed by atoms with Crippen LogP contribution in [-0.2, 0) is 4.79 Å². The Balaban J connectivity index is 2.84. The van der Waals surface area contributed by atoms with Crippen molar-refractivity contribution in [1.82, 2.24) is 0 Å². The first-order valence-corrected chi connectivity index (χ1v) is 4.98. The monoisotopic (exact) mass is 221 g/mol. The second-order valence-corrected chi connectivity index (χ2v) is 3.23. The Morgan fingerprint density at radius 2 is 2.31 bits per heavy atom. The van der Waals surface area contributed by atoms with E-state index in [0.29, 0.717) is 12.2 Å². The summed E-state index contributed by atoms with van der Waals surface area (Å²) in [7, 11) is 0. The van der Waals surface area contributed by atoms with Crippen molar-refractivity contribution in [2.45, 2.75) is 13.3 Å². The second kappa shape index (κ2) is 5.80. The van der Waals surface area contributed by atoms with Crippen molar-refractivity contribution >= 4 is 12.0 Å². The molecule has 0 fully saturated rings. The van der Waals surface area contributed by atoms with Gasteiger partial charge in [0.1, 0.15) is 5.75 Å². The zero-order valence-electron chi connectivity index (χ0n) is 8.97. The predicted molar refractivity (Wildman–Crippen MR) is 58.3 cm³/mol. The molecule has 16 heavy (non-hydrogen) atoms. The van der Waals surface area contributed by atoms with E-state index in [0.717, 1.165) is 12.5 Å². The summed E-state index contributed by atoms with van der Waals surface area (Å²) in [6.07, 6.45) is 3.25. The number of benzene rings is 1. The van der Waals surface area contributed by atoms with Gasteiger partial charge in [-0.05, 0) is 24.1 Å². The fraction of sp³-hybridized carbons (Fsp3) is 0.250. The van der Waals surface area contributed by atoms with Gasteiger partial charge in [-0.1, -0.05) is 24.8 Å². The molecule has 86 valence electrons. The van der Waals surface area contributed by atoms with Crippen LogP contribution >= 0.6 is 0 Å². The third-order valence-electron chi connectivity index (χ3n) is 1.85. The van der Waals surface area contributed by atoms with E-state index < -0.39 is 5.97 Å². The van der Waals surface area contributed by atoms with Crippen LogP contribution in [0.5, 0.6) is 11.5 Å². The number of carbonyl (C=O) groups is 1. The number of ether oxygens (including phenoxy) is 1. The van der Waals surface area contributed by atoms with Crippen LogP contribution in [0.15, 0.2) is 24.3 Å². The first-order chi connectivity index (χ1) is 7.63. The molecule has 0 radical (unpaired) electrons. The average Bonchev–Trinajstić information content (AvgIpc) is 2.26. The zero-order valence-corrected chi connectivity index (χ0v) is 8.97. The normalized spacial score (nSPS) is 10.6. The van der Waals surface area contributed by atoms with Crippen LogP contribution in [0.4, 0.5) is 0 Å². The maximum atomic E-state index is 11.3. The van der Waals surface area contributed by atoms with Gasteiger partial charge in [0.05, 0.1) is 6.61 Å². The molecule has 1 aromatic carbocycles. The topological polar surface area (TPSA) is 69.6 Å². The summed E-state index contributed by atoms with van der Waals surface area (Å²) in [6.45, 7) is 2.42. The van der Waals surface area contributed by atoms with Gasteiger partial charge in [-0.3, -0.25) is 0 Å². The molecule has 0 unspecified atom stereocenters. The highest BCUT2D eigenvalue weighted by Gasteiger charge is 1.97. The molecule has 0 heterocycles. The summed E-state index contributed by atoms with van der Waals surface area (Å²) in [5, 5.41) is 19.8. The molecule has 1 rings (SSSR count). The lowest BCUT2D eigenvalue weighted by Crippen LogP contribution is -2.00. The van der Waals surface area contributed by atoms with Crippen LogP contribution in [0, 0.1) is 0 Å². The molecule has 0 bridgehead atoms. The van der Waals surface area contributed by atoms with E-state index in [9.17, 15) is 9.90 Å². The molecule has 4 nitrogen and oxygen atoms in total. The van der Waals surface area contributed by atoms with Crippen LogP contribution < -0.4 is 9.84 Å². The van der Waals surface area contributed by atoms with E-state index in [4.69, 9.17) is 9.84 Å². The standard InChI is InChI=1S/C12H14O4/c1-2-7-16-11-8-9(3-5-10(11)13)4-6-12(14)15/h3-6,8,13H,2,7H2,1H3,(H,14,15)/p-1/b6-4+. The van der Waals surface area contributed by atoms with Gasteiger partial charge in [0, 0.05) is 6.08 Å². The molecule has 0 atom stereocenters. The molecule has 0 aromatic heterocycles. The third kappa shape index (κ3) is 3.65. The van der Waals surface area contributed by atoms with Gasteiger partial charge in [-0.15, -0.1) is 0 Å². The van der Waals surface area contributed by atoms with Gasteiger partial charge in [0.25, 0.3) is 0 Å². The third-order valence-corrected chi connectivity index (χ3v) is 1.85. The Morgan fingerprint density at radius 3 is 2.94 bits per heavy atom. The Hall–Kier alpha value is -1.97. The Morgan fingerprint density at radius 1 is 1.56 bits per heavy atom. The lowest BCUT2D eigenvalue weighted by molar-refractivity contribution is -0.270. The van der Waals surface area contributed by atoms with Gasteiger partial charge in [-0.2, -0.15) is 0 Å². The lowest BCUT2D eigenvalue weighted by Gasteiger charge is -2.14. The molecule has 1 N–H and O–H groups in total. The fourth-order valence-electron chi connectivity index (χ4n) is 1.12. The number of aliphatic carboxylic acids is 1. The molecule has 0 aliphatic rings. The van der Waals surface area contributed by atoms with Crippen LogP contribution in [0.2, 0.25) is 0 Å². The summed E-state index contributed by atoms with van der Waals surface area (Å²) in [6, 6.07) is 4.46. The van der Waals surface area contributed by atoms with Crippen molar-refractivity contribution in [2.75, 3.05) is 6.61 Å². The average molecular weight is 221 g/mol. The Bertz CT molecular complexity index is 396. The molecule has 1 aromatic rings. The molecule has 0 spiro atoms. The number of hydrogen-bond acceptors (Lipinski definition) is 3. The summed E-state index contributed by atoms with van der Waals surface area (Å²) < 4.78 is 5.24. The van der Waals surface area contributed by atoms with E-state index >= 15 is 0 Å². The molecule has 4 heteroatoms. The molecule has 0 aliphatic heterocycles. The minimum Gasteiger partial charge on any atom is -0.870 e. The minimum atomic E-state index is -1.03. The summed E-state index contributed by atoms with van der Waals surface area (Å²) in [4.78, 5) is 10.3. The molecular formula is C12H13O4-. The molecule has 0 saturated heterocycles. The number of carboxylic acids is 1. The van der Waals surface area contributed by atoms with Gasteiger partial charge < -0.3 is 14.9 Å². The smallest absolute Gasteiger partial charge is 0.328 e. The number of carboxylic acid groups (broad SMARTS) is 1. The Kier molecular flexibility index (Phi) is 4.39. The first-order valence-electron chi connectivity index (χ1n) is 4.98. The zero-order chi connectivity index (χ0) is 12.0. The van der Waals surface area contributed by atoms with Crippen molar-refractivity contribution in [1.29, 1.82) is 0 Å². The van der Waals surface area contributed by atoms with Gasteiger partial charge >= 0.3 is 5.97 Å². The maximum Gasteiger partial charge on any atom is 0.328 e. The molecule has 0 aliphatic carbocycles. The summed E-state index contributed by atoms with van der Waals surface area (Å²) in [5.74, 6) is -0.961. The van der Waals surface area contributed by atoms with Crippen LogP contribution in [0.25, 0.3) is 6.08 Å². The number of hydrogen-bond donors (Lipinski definition) is 1. The highest BCUT2D eigenvalue weighted by Crippen LogP contribution is 2.24.